The van der Waals surface area contributed by atoms with Crippen molar-refractivity contribution in [1.82, 2.24) is 20.2 Å². The molecule has 0 aliphatic carbocycles. The lowest BCUT2D eigenvalue weighted by molar-refractivity contribution is -0.119. The van der Waals surface area contributed by atoms with Gasteiger partial charge in [0.25, 0.3) is 0 Å². The van der Waals surface area contributed by atoms with Crippen LogP contribution in [0.4, 0.5) is 0 Å². The predicted molar refractivity (Wildman–Crippen MR) is 120 cm³/mol. The van der Waals surface area contributed by atoms with E-state index in [1.165, 1.54) is 16.4 Å². The maximum atomic E-state index is 12.6. The number of benzene rings is 2. The molecule has 1 atom stereocenters. The highest BCUT2D eigenvalue weighted by Gasteiger charge is 2.20. The Kier molecular flexibility index (Phi) is 6.99. The number of hydrogen-bond donors (Lipinski definition) is 2. The lowest BCUT2D eigenvalue weighted by atomic mass is 9.96. The van der Waals surface area contributed by atoms with Gasteiger partial charge in [-0.3, -0.25) is 4.79 Å². The van der Waals surface area contributed by atoms with Crippen LogP contribution < -0.4 is 15.9 Å². The maximum absolute atomic E-state index is 12.6. The molecule has 8 heteroatoms. The normalized spacial score (nSPS) is 12.0. The molecule has 1 aromatic heterocycles. The molecule has 3 N–H and O–H groups in total. The minimum atomic E-state index is -0.0946. The predicted octanol–water partition coefficient (Wildman–Crippen LogP) is 3.58. The molecule has 1 heterocycles. The summed E-state index contributed by atoms with van der Waals surface area (Å²) in [6, 6.07) is 15.5. The number of carbonyl (C=O) groups is 1. The molecular formula is C22H27N5O2S. The van der Waals surface area contributed by atoms with Gasteiger partial charge in [0.05, 0.1) is 18.9 Å². The number of rotatable bonds is 8. The molecule has 1 amide bonds. The Morgan fingerprint density at radius 2 is 1.80 bits per heavy atom. The third-order valence-corrected chi connectivity index (χ3v) is 5.71. The summed E-state index contributed by atoms with van der Waals surface area (Å²) < 4.78 is 6.63. The maximum Gasteiger partial charge on any atom is 0.230 e. The molecule has 0 aliphatic heterocycles. The van der Waals surface area contributed by atoms with Gasteiger partial charge in [0.1, 0.15) is 5.75 Å². The molecule has 0 fully saturated rings. The van der Waals surface area contributed by atoms with E-state index in [0.717, 1.165) is 22.4 Å². The van der Waals surface area contributed by atoms with Crippen LogP contribution in [-0.2, 0) is 4.79 Å². The van der Waals surface area contributed by atoms with Crippen LogP contribution in [0.1, 0.15) is 31.0 Å². The number of aryl methyl sites for hydroxylation is 1. The molecule has 158 valence electrons. The Hall–Kier alpha value is -3.00. The smallest absolute Gasteiger partial charge is 0.230 e. The van der Waals surface area contributed by atoms with Gasteiger partial charge in [-0.1, -0.05) is 67.6 Å². The number of aromatic nitrogens is 3. The van der Waals surface area contributed by atoms with E-state index >= 15 is 0 Å². The number of ether oxygens (including phenoxy) is 1. The number of hydrogen-bond acceptors (Lipinski definition) is 6. The first-order valence-electron chi connectivity index (χ1n) is 9.72. The Bertz CT molecular complexity index is 984. The SMILES string of the molecule is COc1ccc(C(NC(=O)CSc2nnc(-c3ccc(C)cc3)n2N)C(C)C)cc1. The van der Waals surface area contributed by atoms with E-state index < -0.39 is 0 Å². The number of methoxy groups -OCH3 is 1. The van der Waals surface area contributed by atoms with E-state index in [1.54, 1.807) is 7.11 Å². The second-order valence-corrected chi connectivity index (χ2v) is 8.34. The van der Waals surface area contributed by atoms with Gasteiger partial charge in [0.15, 0.2) is 5.82 Å². The Morgan fingerprint density at radius 3 is 2.40 bits per heavy atom. The fraction of sp³-hybridized carbons (Fsp3) is 0.318. The molecule has 0 saturated carbocycles. The molecule has 0 saturated heterocycles. The zero-order valence-corrected chi connectivity index (χ0v) is 18.4. The van der Waals surface area contributed by atoms with Crippen LogP contribution in [0, 0.1) is 12.8 Å². The molecule has 3 rings (SSSR count). The highest BCUT2D eigenvalue weighted by molar-refractivity contribution is 7.99. The summed E-state index contributed by atoms with van der Waals surface area (Å²) in [4.78, 5) is 12.6. The monoisotopic (exact) mass is 425 g/mol. The largest absolute Gasteiger partial charge is 0.497 e. The van der Waals surface area contributed by atoms with E-state index in [2.05, 4.69) is 29.4 Å². The van der Waals surface area contributed by atoms with Crippen LogP contribution in [0.15, 0.2) is 53.7 Å². The Morgan fingerprint density at radius 1 is 1.13 bits per heavy atom. The molecule has 2 aromatic carbocycles. The fourth-order valence-electron chi connectivity index (χ4n) is 3.07. The summed E-state index contributed by atoms with van der Waals surface area (Å²) in [5.41, 5.74) is 3.07. The molecule has 0 aliphatic rings. The first-order chi connectivity index (χ1) is 14.4. The first-order valence-corrected chi connectivity index (χ1v) is 10.7. The number of carbonyl (C=O) groups excluding carboxylic acids is 1. The highest BCUT2D eigenvalue weighted by atomic mass is 32.2. The van der Waals surface area contributed by atoms with Crippen molar-refractivity contribution in [2.45, 2.75) is 32.0 Å². The summed E-state index contributed by atoms with van der Waals surface area (Å²) in [6.45, 7) is 6.17. The van der Waals surface area contributed by atoms with E-state index in [0.29, 0.717) is 11.0 Å². The van der Waals surface area contributed by atoms with Crippen LogP contribution in [0.5, 0.6) is 5.75 Å². The average molecular weight is 426 g/mol. The van der Waals surface area contributed by atoms with E-state index in [9.17, 15) is 4.79 Å². The standard InChI is InChI=1S/C22H27N5O2S/c1-14(2)20(16-9-11-18(29-4)12-10-16)24-19(28)13-30-22-26-25-21(27(22)23)17-7-5-15(3)6-8-17/h5-12,14,20H,13,23H2,1-4H3,(H,24,28). The van der Waals surface area contributed by atoms with Gasteiger partial charge in [-0.05, 0) is 30.5 Å². The van der Waals surface area contributed by atoms with Gasteiger partial charge < -0.3 is 15.9 Å². The number of nitrogens with zero attached hydrogens (tertiary/aromatic N) is 3. The molecule has 0 spiro atoms. The molecule has 0 radical (unpaired) electrons. The quantitative estimate of drug-likeness (QED) is 0.423. The van der Waals surface area contributed by atoms with Crippen molar-refractivity contribution in [3.05, 3.63) is 59.7 Å². The number of nitrogens with two attached hydrogens (primary N) is 1. The Labute approximate surface area is 181 Å². The molecular weight excluding hydrogens is 398 g/mol. The molecule has 1 unspecified atom stereocenters. The third kappa shape index (κ3) is 5.13. The van der Waals surface area contributed by atoms with Crippen molar-refractivity contribution in [3.8, 4) is 17.1 Å². The second kappa shape index (κ2) is 9.67. The fourth-order valence-corrected chi connectivity index (χ4v) is 3.73. The van der Waals surface area contributed by atoms with Crippen molar-refractivity contribution in [1.29, 1.82) is 0 Å². The lowest BCUT2D eigenvalue weighted by Gasteiger charge is -2.23. The minimum Gasteiger partial charge on any atom is -0.497 e. The highest BCUT2D eigenvalue weighted by Crippen LogP contribution is 2.25. The molecule has 0 bridgehead atoms. The zero-order valence-electron chi connectivity index (χ0n) is 17.6. The number of amides is 1. The van der Waals surface area contributed by atoms with Crippen LogP contribution in [0.25, 0.3) is 11.4 Å². The van der Waals surface area contributed by atoms with E-state index in [-0.39, 0.29) is 23.6 Å². The van der Waals surface area contributed by atoms with Gasteiger partial charge in [-0.25, -0.2) is 4.68 Å². The van der Waals surface area contributed by atoms with Crippen LogP contribution in [0.2, 0.25) is 0 Å². The number of thioether (sulfide) groups is 1. The van der Waals surface area contributed by atoms with Crippen LogP contribution >= 0.6 is 11.8 Å². The van der Waals surface area contributed by atoms with Gasteiger partial charge in [-0.15, -0.1) is 10.2 Å². The average Bonchev–Trinajstić information content (AvgIpc) is 3.11. The summed E-state index contributed by atoms with van der Waals surface area (Å²) in [5.74, 6) is 7.85. The Balaban J connectivity index is 1.63. The van der Waals surface area contributed by atoms with Gasteiger partial charge in [0.2, 0.25) is 11.1 Å². The topological polar surface area (TPSA) is 95.1 Å². The molecule has 30 heavy (non-hydrogen) atoms. The third-order valence-electron chi connectivity index (χ3n) is 4.76. The molecule has 3 aromatic rings. The number of nitrogens with one attached hydrogen (secondary N) is 1. The van der Waals surface area contributed by atoms with Gasteiger partial charge in [0, 0.05) is 5.56 Å². The minimum absolute atomic E-state index is 0.0885. The van der Waals surface area contributed by atoms with Crippen molar-refractivity contribution in [3.63, 3.8) is 0 Å². The number of nitrogen functional groups attached to an aromatic ring is 1. The van der Waals surface area contributed by atoms with Crippen molar-refractivity contribution in [2.75, 3.05) is 18.7 Å². The molecule has 7 nitrogen and oxygen atoms in total. The van der Waals surface area contributed by atoms with Crippen molar-refractivity contribution < 1.29 is 9.53 Å². The first kappa shape index (κ1) is 21.7. The van der Waals surface area contributed by atoms with E-state index in [4.69, 9.17) is 10.6 Å². The van der Waals surface area contributed by atoms with Crippen molar-refractivity contribution >= 4 is 17.7 Å². The summed E-state index contributed by atoms with van der Waals surface area (Å²) in [6.07, 6.45) is 0. The van der Waals surface area contributed by atoms with E-state index in [1.807, 2.05) is 55.5 Å². The summed E-state index contributed by atoms with van der Waals surface area (Å²) >= 11 is 1.26. The summed E-state index contributed by atoms with van der Waals surface area (Å²) in [7, 11) is 1.63. The lowest BCUT2D eigenvalue weighted by Crippen LogP contribution is -2.33. The van der Waals surface area contributed by atoms with Crippen molar-refractivity contribution in [2.24, 2.45) is 5.92 Å². The van der Waals surface area contributed by atoms with Crippen LogP contribution in [0.3, 0.4) is 0 Å². The summed E-state index contributed by atoms with van der Waals surface area (Å²) in [5, 5.41) is 11.9. The van der Waals surface area contributed by atoms with Gasteiger partial charge >= 0.3 is 0 Å². The van der Waals surface area contributed by atoms with Gasteiger partial charge in [-0.2, -0.15) is 0 Å². The second-order valence-electron chi connectivity index (χ2n) is 7.39. The zero-order chi connectivity index (χ0) is 21.7. The van der Waals surface area contributed by atoms with Crippen LogP contribution in [-0.4, -0.2) is 33.6 Å².